The first-order valence-electron chi connectivity index (χ1n) is 6.15. The van der Waals surface area contributed by atoms with E-state index < -0.39 is 16.4 Å². The van der Waals surface area contributed by atoms with E-state index >= 15 is 0 Å². The van der Waals surface area contributed by atoms with Crippen molar-refractivity contribution in [3.8, 4) is 11.5 Å². The molecule has 0 spiro atoms. The molecule has 0 atom stereocenters. The van der Waals surface area contributed by atoms with Crippen LogP contribution in [0, 0.1) is 17.0 Å². The van der Waals surface area contributed by atoms with Crippen LogP contribution in [0.4, 0.5) is 11.4 Å². The Hall–Kier alpha value is -2.89. The van der Waals surface area contributed by atoms with E-state index in [1.165, 1.54) is 19.4 Å². The van der Waals surface area contributed by atoms with E-state index in [1.807, 2.05) is 25.1 Å². The third-order valence-electron chi connectivity index (χ3n) is 2.86. The first-order valence-corrected chi connectivity index (χ1v) is 6.15. The van der Waals surface area contributed by atoms with Crippen LogP contribution >= 0.6 is 0 Å². The molecule has 0 fully saturated rings. The monoisotopic (exact) mass is 285 g/mol. The zero-order valence-corrected chi connectivity index (χ0v) is 11.6. The highest BCUT2D eigenvalue weighted by atomic mass is 16.6. The molecule has 0 radical (unpaired) electrons. The number of methoxy groups -OCH3 is 1. The van der Waals surface area contributed by atoms with Crippen LogP contribution < -0.4 is 9.84 Å². The van der Waals surface area contributed by atoms with Crippen LogP contribution in [0.5, 0.6) is 11.5 Å². The van der Waals surface area contributed by atoms with E-state index in [1.54, 1.807) is 6.07 Å². The van der Waals surface area contributed by atoms with Gasteiger partial charge in [0.05, 0.1) is 23.8 Å². The Morgan fingerprint density at radius 3 is 2.67 bits per heavy atom. The second-order valence-electron chi connectivity index (χ2n) is 4.42. The molecule has 0 unspecified atom stereocenters. The lowest BCUT2D eigenvalue weighted by molar-refractivity contribution is -0.398. The van der Waals surface area contributed by atoms with Gasteiger partial charge in [0.15, 0.2) is 0 Å². The van der Waals surface area contributed by atoms with E-state index in [0.717, 1.165) is 11.6 Å². The number of hydrogen-bond donors (Lipinski definition) is 0. The number of rotatable bonds is 4. The molecule has 108 valence electrons. The maximum atomic E-state index is 12.0. The fourth-order valence-corrected chi connectivity index (χ4v) is 1.81. The molecule has 0 aliphatic rings. The number of hydrogen-bond acceptors (Lipinski definition) is 5. The molecule has 6 nitrogen and oxygen atoms in total. The Bertz CT molecular complexity index is 711. The molecular formula is C15H13N2O4-. The first kappa shape index (κ1) is 14.5. The van der Waals surface area contributed by atoms with Gasteiger partial charge in [-0.15, -0.1) is 0 Å². The van der Waals surface area contributed by atoms with Crippen LogP contribution in [-0.4, -0.2) is 18.2 Å². The number of nitrogens with zero attached hydrogens (tertiary/aromatic N) is 2. The van der Waals surface area contributed by atoms with Gasteiger partial charge in [0.2, 0.25) is 0 Å². The lowest BCUT2D eigenvalue weighted by Crippen LogP contribution is -2.03. The van der Waals surface area contributed by atoms with Crippen molar-refractivity contribution in [3.63, 3.8) is 0 Å². The minimum Gasteiger partial charge on any atom is -0.867 e. The molecule has 0 N–H and O–H groups in total. The predicted octanol–water partition coefficient (Wildman–Crippen LogP) is 2.74. The molecule has 0 amide bonds. The molecule has 0 saturated carbocycles. The normalized spacial score (nSPS) is 10.8. The highest BCUT2D eigenvalue weighted by Crippen LogP contribution is 2.31. The van der Waals surface area contributed by atoms with E-state index in [-0.39, 0.29) is 11.3 Å². The average Bonchev–Trinajstić information content (AvgIpc) is 2.46. The molecular weight excluding hydrogens is 272 g/mol. The van der Waals surface area contributed by atoms with Crippen molar-refractivity contribution in [2.75, 3.05) is 7.11 Å². The summed E-state index contributed by atoms with van der Waals surface area (Å²) in [5.41, 5.74) is 1.28. The second-order valence-corrected chi connectivity index (χ2v) is 4.42. The average molecular weight is 285 g/mol. The largest absolute Gasteiger partial charge is 0.867 e. The summed E-state index contributed by atoms with van der Waals surface area (Å²) in [6.07, 6.45) is 1.31. The number of nitro benzene ring substituents is 1. The van der Waals surface area contributed by atoms with Crippen LogP contribution in [0.15, 0.2) is 41.4 Å². The van der Waals surface area contributed by atoms with Crippen LogP contribution in [-0.2, 0) is 0 Å². The van der Waals surface area contributed by atoms with Gasteiger partial charge in [-0.2, -0.15) is 0 Å². The second kappa shape index (κ2) is 6.04. The molecule has 2 rings (SSSR count). The van der Waals surface area contributed by atoms with Gasteiger partial charge in [0.25, 0.3) is 5.69 Å². The Morgan fingerprint density at radius 2 is 2.05 bits per heavy atom. The van der Waals surface area contributed by atoms with Gasteiger partial charge in [-0.3, -0.25) is 15.1 Å². The highest BCUT2D eigenvalue weighted by molar-refractivity contribution is 5.88. The minimum atomic E-state index is -0.727. The maximum Gasteiger partial charge on any atom is 0.266 e. The van der Waals surface area contributed by atoms with Gasteiger partial charge < -0.3 is 9.84 Å². The molecule has 6 heteroatoms. The van der Waals surface area contributed by atoms with Gasteiger partial charge in [0, 0.05) is 6.21 Å². The number of benzene rings is 2. The van der Waals surface area contributed by atoms with E-state index in [9.17, 15) is 15.2 Å². The molecule has 0 aromatic heterocycles. The quantitative estimate of drug-likeness (QED) is 0.491. The summed E-state index contributed by atoms with van der Waals surface area (Å²) < 4.78 is 4.97. The van der Waals surface area contributed by atoms with E-state index in [0.29, 0.717) is 5.69 Å². The standard InChI is InChI=1S/C15H14N2O4/c1-10-4-3-5-12(6-10)16-9-11-7-13(21-2)8-14(15(11)18)17(19)20/h3-9,18H,1-2H3/p-1. The summed E-state index contributed by atoms with van der Waals surface area (Å²) in [6, 6.07) is 9.92. The maximum absolute atomic E-state index is 12.0. The molecule has 0 aliphatic heterocycles. The number of ether oxygens (including phenoxy) is 1. The molecule has 0 saturated heterocycles. The number of aliphatic imine (C=N–C) groups is 1. The van der Waals surface area contributed by atoms with Crippen LogP contribution in [0.3, 0.4) is 0 Å². The van der Waals surface area contributed by atoms with Crippen molar-refractivity contribution in [1.82, 2.24) is 0 Å². The Kier molecular flexibility index (Phi) is 4.18. The summed E-state index contributed by atoms with van der Waals surface area (Å²) in [7, 11) is 1.38. The van der Waals surface area contributed by atoms with Crippen molar-refractivity contribution < 1.29 is 14.8 Å². The number of nitro groups is 1. The SMILES string of the molecule is COc1cc(C=Nc2cccc(C)c2)c([O-])c([N+](=O)[O-])c1. The Labute approximate surface area is 121 Å². The van der Waals surface area contributed by atoms with E-state index in [4.69, 9.17) is 4.74 Å². The lowest BCUT2D eigenvalue weighted by atomic mass is 10.1. The van der Waals surface area contributed by atoms with Gasteiger partial charge in [-0.25, -0.2) is 0 Å². The van der Waals surface area contributed by atoms with Crippen molar-refractivity contribution in [2.45, 2.75) is 6.92 Å². The van der Waals surface area contributed by atoms with Crippen LogP contribution in [0.1, 0.15) is 11.1 Å². The summed E-state index contributed by atoms with van der Waals surface area (Å²) >= 11 is 0. The van der Waals surface area contributed by atoms with Gasteiger partial charge in [-0.05, 0) is 42.0 Å². The van der Waals surface area contributed by atoms with Crippen molar-refractivity contribution in [1.29, 1.82) is 0 Å². The lowest BCUT2D eigenvalue weighted by Gasteiger charge is -2.12. The van der Waals surface area contributed by atoms with Gasteiger partial charge >= 0.3 is 0 Å². The smallest absolute Gasteiger partial charge is 0.266 e. The summed E-state index contributed by atoms with van der Waals surface area (Å²) in [6.45, 7) is 1.93. The first-order chi connectivity index (χ1) is 10.0. The fourth-order valence-electron chi connectivity index (χ4n) is 1.81. The van der Waals surface area contributed by atoms with Gasteiger partial charge in [0.1, 0.15) is 5.75 Å². The van der Waals surface area contributed by atoms with Crippen LogP contribution in [0.25, 0.3) is 0 Å². The summed E-state index contributed by atoms with van der Waals surface area (Å²) in [5.74, 6) is -0.441. The molecule has 2 aromatic rings. The van der Waals surface area contributed by atoms with Crippen molar-refractivity contribution in [3.05, 3.63) is 57.6 Å². The summed E-state index contributed by atoms with van der Waals surface area (Å²) in [5, 5.41) is 22.8. The zero-order valence-electron chi connectivity index (χ0n) is 11.6. The molecule has 2 aromatic carbocycles. The topological polar surface area (TPSA) is 87.8 Å². The Balaban J connectivity index is 2.43. The minimum absolute atomic E-state index is 0.113. The zero-order chi connectivity index (χ0) is 15.4. The van der Waals surface area contributed by atoms with Gasteiger partial charge in [-0.1, -0.05) is 12.1 Å². The summed E-state index contributed by atoms with van der Waals surface area (Å²) in [4.78, 5) is 14.3. The molecule has 21 heavy (non-hydrogen) atoms. The number of aryl methyl sites for hydroxylation is 1. The molecule has 0 aliphatic carbocycles. The fraction of sp³-hybridized carbons (Fsp3) is 0.133. The Morgan fingerprint density at radius 1 is 1.29 bits per heavy atom. The molecule has 0 bridgehead atoms. The molecule has 0 heterocycles. The third-order valence-corrected chi connectivity index (χ3v) is 2.86. The van der Waals surface area contributed by atoms with E-state index in [2.05, 4.69) is 4.99 Å². The third kappa shape index (κ3) is 3.36. The van der Waals surface area contributed by atoms with Crippen molar-refractivity contribution >= 4 is 17.6 Å². The van der Waals surface area contributed by atoms with Crippen LogP contribution in [0.2, 0.25) is 0 Å². The van der Waals surface area contributed by atoms with Crippen molar-refractivity contribution in [2.24, 2.45) is 4.99 Å². The predicted molar refractivity (Wildman–Crippen MR) is 77.5 cm³/mol. The highest BCUT2D eigenvalue weighted by Gasteiger charge is 2.12.